The Labute approximate surface area is 120 Å². The van der Waals surface area contributed by atoms with Gasteiger partial charge in [0, 0.05) is 25.4 Å². The van der Waals surface area contributed by atoms with Gasteiger partial charge in [0.15, 0.2) is 6.61 Å². The number of pyridine rings is 1. The molecule has 1 unspecified atom stereocenters. The summed E-state index contributed by atoms with van der Waals surface area (Å²) in [5.74, 6) is 0.201. The number of carbonyl (C=O) groups is 1. The first-order valence-electron chi connectivity index (χ1n) is 6.70. The normalized spacial score (nSPS) is 16.4. The number of ether oxygens (including phenoxy) is 1. The molecule has 116 valence electrons. The number of alkyl halides is 3. The van der Waals surface area contributed by atoms with E-state index in [0.29, 0.717) is 11.5 Å². The number of hydrogen-bond donors (Lipinski definition) is 0. The second kappa shape index (κ2) is 5.91. The van der Waals surface area contributed by atoms with Gasteiger partial charge in [0.05, 0.1) is 5.56 Å². The molecule has 1 aliphatic rings. The van der Waals surface area contributed by atoms with Gasteiger partial charge in [-0.2, -0.15) is 13.2 Å². The Morgan fingerprint density at radius 2 is 2.14 bits per heavy atom. The van der Waals surface area contributed by atoms with E-state index < -0.39 is 12.8 Å². The van der Waals surface area contributed by atoms with Crippen molar-refractivity contribution >= 4 is 5.91 Å². The lowest BCUT2D eigenvalue weighted by Gasteiger charge is -2.24. The summed E-state index contributed by atoms with van der Waals surface area (Å²) in [4.78, 5) is 17.6. The van der Waals surface area contributed by atoms with Crippen LogP contribution in [-0.4, -0.2) is 41.7 Å². The molecule has 21 heavy (non-hydrogen) atoms. The molecule has 1 atom stereocenters. The summed E-state index contributed by atoms with van der Waals surface area (Å²) < 4.78 is 40.5. The van der Waals surface area contributed by atoms with Gasteiger partial charge in [-0.25, -0.2) is 4.98 Å². The van der Waals surface area contributed by atoms with Crippen molar-refractivity contribution in [2.75, 3.05) is 13.7 Å². The third-order valence-electron chi connectivity index (χ3n) is 3.60. The van der Waals surface area contributed by atoms with Crippen molar-refractivity contribution in [3.63, 3.8) is 0 Å². The van der Waals surface area contributed by atoms with Gasteiger partial charge >= 0.3 is 6.18 Å². The van der Waals surface area contributed by atoms with Crippen LogP contribution < -0.4 is 4.74 Å². The number of nitrogens with zero attached hydrogens (tertiary/aromatic N) is 2. The van der Waals surface area contributed by atoms with Gasteiger partial charge in [0.1, 0.15) is 0 Å². The maximum Gasteiger partial charge on any atom is 0.422 e. The summed E-state index contributed by atoms with van der Waals surface area (Å²) in [6.07, 6.45) is -0.914. The van der Waals surface area contributed by atoms with Crippen LogP contribution in [0.3, 0.4) is 0 Å². The zero-order valence-electron chi connectivity index (χ0n) is 11.9. The van der Waals surface area contributed by atoms with E-state index in [-0.39, 0.29) is 17.8 Å². The largest absolute Gasteiger partial charge is 0.468 e. The number of aromatic nitrogens is 1. The molecular formula is C14H17F3N2O2. The lowest BCUT2D eigenvalue weighted by Crippen LogP contribution is -2.36. The maximum absolute atomic E-state index is 12.2. The molecule has 0 N–H and O–H groups in total. The molecule has 4 nitrogen and oxygen atoms in total. The van der Waals surface area contributed by atoms with Crippen LogP contribution in [-0.2, 0) is 0 Å². The molecule has 0 bridgehead atoms. The van der Waals surface area contributed by atoms with Crippen molar-refractivity contribution in [2.24, 2.45) is 5.92 Å². The number of rotatable bonds is 5. The van der Waals surface area contributed by atoms with Gasteiger partial charge in [0.2, 0.25) is 5.88 Å². The highest BCUT2D eigenvalue weighted by Crippen LogP contribution is 2.35. The monoisotopic (exact) mass is 302 g/mol. The average molecular weight is 302 g/mol. The molecular weight excluding hydrogens is 285 g/mol. The molecule has 0 aliphatic heterocycles. The molecule has 1 aliphatic carbocycles. The van der Waals surface area contributed by atoms with E-state index in [0.717, 1.165) is 12.8 Å². The predicted octanol–water partition coefficient (Wildman–Crippen LogP) is 2.89. The third kappa shape index (κ3) is 4.34. The molecule has 0 aromatic carbocycles. The van der Waals surface area contributed by atoms with E-state index in [1.165, 1.54) is 18.3 Å². The van der Waals surface area contributed by atoms with Crippen LogP contribution in [0.5, 0.6) is 5.88 Å². The van der Waals surface area contributed by atoms with Gasteiger partial charge in [0.25, 0.3) is 5.91 Å². The molecule has 0 saturated heterocycles. The van der Waals surface area contributed by atoms with Crippen LogP contribution in [0.25, 0.3) is 0 Å². The third-order valence-corrected chi connectivity index (χ3v) is 3.60. The van der Waals surface area contributed by atoms with E-state index in [9.17, 15) is 18.0 Å². The van der Waals surface area contributed by atoms with E-state index in [1.807, 2.05) is 6.92 Å². The highest BCUT2D eigenvalue weighted by molar-refractivity contribution is 5.94. The molecule has 7 heteroatoms. The molecule has 1 saturated carbocycles. The fourth-order valence-electron chi connectivity index (χ4n) is 2.03. The van der Waals surface area contributed by atoms with Crippen LogP contribution in [0.2, 0.25) is 0 Å². The summed E-state index contributed by atoms with van der Waals surface area (Å²) >= 11 is 0. The van der Waals surface area contributed by atoms with Gasteiger partial charge in [-0.15, -0.1) is 0 Å². The highest BCUT2D eigenvalue weighted by atomic mass is 19.4. The Bertz CT molecular complexity index is 498. The van der Waals surface area contributed by atoms with E-state index in [2.05, 4.69) is 9.72 Å². The zero-order valence-corrected chi connectivity index (χ0v) is 11.9. The Kier molecular flexibility index (Phi) is 4.39. The summed E-state index contributed by atoms with van der Waals surface area (Å²) in [5.41, 5.74) is 0.337. The maximum atomic E-state index is 12.2. The van der Waals surface area contributed by atoms with E-state index in [4.69, 9.17) is 0 Å². The topological polar surface area (TPSA) is 42.4 Å². The second-order valence-electron chi connectivity index (χ2n) is 5.28. The van der Waals surface area contributed by atoms with Crippen LogP contribution in [0, 0.1) is 5.92 Å². The molecule has 1 aromatic heterocycles. The minimum Gasteiger partial charge on any atom is -0.468 e. The fraction of sp³-hybridized carbons (Fsp3) is 0.571. The average Bonchev–Trinajstić information content (AvgIpc) is 3.27. The van der Waals surface area contributed by atoms with E-state index in [1.54, 1.807) is 11.9 Å². The van der Waals surface area contributed by atoms with Gasteiger partial charge in [-0.3, -0.25) is 4.79 Å². The Balaban J connectivity index is 1.96. The standard InChI is InChI=1S/C14H17F3N2O2/c1-9(10-3-4-10)19(2)13(20)11-5-6-12(18-7-11)21-8-14(15,16)17/h5-7,9-10H,3-4,8H2,1-2H3. The summed E-state index contributed by atoms with van der Waals surface area (Å²) in [7, 11) is 1.72. The van der Waals surface area contributed by atoms with Crippen LogP contribution in [0.15, 0.2) is 18.3 Å². The number of amides is 1. The van der Waals surface area contributed by atoms with Crippen LogP contribution in [0.4, 0.5) is 13.2 Å². The lowest BCUT2D eigenvalue weighted by molar-refractivity contribution is -0.154. The van der Waals surface area contributed by atoms with Gasteiger partial charge in [-0.1, -0.05) is 0 Å². The lowest BCUT2D eigenvalue weighted by atomic mass is 10.1. The smallest absolute Gasteiger partial charge is 0.422 e. The van der Waals surface area contributed by atoms with Gasteiger partial charge in [-0.05, 0) is 31.7 Å². The predicted molar refractivity (Wildman–Crippen MR) is 70.1 cm³/mol. The molecule has 1 heterocycles. The van der Waals surface area contributed by atoms with Gasteiger partial charge < -0.3 is 9.64 Å². The summed E-state index contributed by atoms with van der Waals surface area (Å²) in [6, 6.07) is 2.85. The quantitative estimate of drug-likeness (QED) is 0.840. The Morgan fingerprint density at radius 1 is 1.48 bits per heavy atom. The Morgan fingerprint density at radius 3 is 2.62 bits per heavy atom. The van der Waals surface area contributed by atoms with Crippen molar-refractivity contribution in [1.82, 2.24) is 9.88 Å². The molecule has 1 amide bonds. The summed E-state index contributed by atoms with van der Waals surface area (Å²) in [6.45, 7) is 0.593. The number of hydrogen-bond acceptors (Lipinski definition) is 3. The molecule has 1 fully saturated rings. The minimum atomic E-state index is -4.41. The number of carbonyl (C=O) groups excluding carboxylic acids is 1. The second-order valence-corrected chi connectivity index (χ2v) is 5.28. The van der Waals surface area contributed by atoms with E-state index >= 15 is 0 Å². The minimum absolute atomic E-state index is 0.151. The van der Waals surface area contributed by atoms with Crippen molar-refractivity contribution in [3.05, 3.63) is 23.9 Å². The fourth-order valence-corrected chi connectivity index (χ4v) is 2.03. The first-order valence-corrected chi connectivity index (χ1v) is 6.70. The van der Waals surface area contributed by atoms with Crippen molar-refractivity contribution in [3.8, 4) is 5.88 Å². The molecule has 2 rings (SSSR count). The van der Waals surface area contributed by atoms with Crippen molar-refractivity contribution < 1.29 is 22.7 Å². The van der Waals surface area contributed by atoms with Crippen molar-refractivity contribution in [2.45, 2.75) is 32.0 Å². The molecule has 0 radical (unpaired) electrons. The first-order chi connectivity index (χ1) is 9.78. The highest BCUT2D eigenvalue weighted by Gasteiger charge is 2.33. The van der Waals surface area contributed by atoms with Crippen LogP contribution in [0.1, 0.15) is 30.1 Å². The zero-order chi connectivity index (χ0) is 15.6. The Hall–Kier alpha value is -1.79. The van der Waals surface area contributed by atoms with Crippen LogP contribution >= 0.6 is 0 Å². The number of halogens is 3. The first kappa shape index (κ1) is 15.6. The molecule has 0 spiro atoms. The SMILES string of the molecule is CC(C1CC1)N(C)C(=O)c1ccc(OCC(F)(F)F)nc1. The summed E-state index contributed by atoms with van der Waals surface area (Å²) in [5, 5.41) is 0. The molecule has 1 aromatic rings. The van der Waals surface area contributed by atoms with Crippen molar-refractivity contribution in [1.29, 1.82) is 0 Å².